The first-order valence-corrected chi connectivity index (χ1v) is 7.46. The van der Waals surface area contributed by atoms with Crippen LogP contribution in [0.2, 0.25) is 0 Å². The second-order valence-electron chi connectivity index (χ2n) is 4.29. The zero-order valence-corrected chi connectivity index (χ0v) is 12.2. The lowest BCUT2D eigenvalue weighted by Crippen LogP contribution is -2.21. The molecule has 0 saturated heterocycles. The maximum Gasteiger partial charge on any atom is 0.106 e. The van der Waals surface area contributed by atoms with E-state index in [4.69, 9.17) is 12.2 Å². The van der Waals surface area contributed by atoms with E-state index in [2.05, 4.69) is 54.0 Å². The average Bonchev–Trinajstić information content (AvgIpc) is 2.44. The monoisotopic (exact) mass is 286 g/mol. The van der Waals surface area contributed by atoms with E-state index in [1.165, 1.54) is 9.79 Å². The van der Waals surface area contributed by atoms with Gasteiger partial charge in [0, 0.05) is 21.9 Å². The number of rotatable bonds is 2. The highest BCUT2D eigenvalue weighted by atomic mass is 32.2. The molecular formula is C15H14N2S2. The summed E-state index contributed by atoms with van der Waals surface area (Å²) in [4.78, 5) is 3.30. The minimum atomic E-state index is 0.802. The van der Waals surface area contributed by atoms with Crippen molar-refractivity contribution >= 4 is 40.3 Å². The van der Waals surface area contributed by atoms with Gasteiger partial charge in [-0.25, -0.2) is 0 Å². The number of para-hydroxylation sites is 1. The minimum Gasteiger partial charge on any atom is -0.376 e. The summed E-state index contributed by atoms with van der Waals surface area (Å²) < 4.78 is 0. The number of hydrogen-bond acceptors (Lipinski definition) is 3. The van der Waals surface area contributed by atoms with Crippen molar-refractivity contribution in [3.8, 4) is 0 Å². The maximum atomic E-state index is 5.36. The Labute approximate surface area is 122 Å². The second kappa shape index (κ2) is 5.23. The Balaban J connectivity index is 1.94. The van der Waals surface area contributed by atoms with Crippen LogP contribution in [-0.4, -0.2) is 11.5 Å². The standard InChI is InChI=1S/C15H14N2S2/c1-2-16-15(18)10-7-8-14-12(9-10)17-11-5-3-4-6-13(11)19-14/h3-9,17H,2H2,1H3,(H,16,18). The molecule has 0 amide bonds. The summed E-state index contributed by atoms with van der Waals surface area (Å²) in [6.45, 7) is 2.90. The third-order valence-electron chi connectivity index (χ3n) is 2.96. The van der Waals surface area contributed by atoms with Gasteiger partial charge in [-0.1, -0.05) is 42.2 Å². The fraction of sp³-hybridized carbons (Fsp3) is 0.133. The van der Waals surface area contributed by atoms with Crippen LogP contribution in [0.5, 0.6) is 0 Å². The lowest BCUT2D eigenvalue weighted by atomic mass is 10.2. The lowest BCUT2D eigenvalue weighted by molar-refractivity contribution is 0.982. The lowest BCUT2D eigenvalue weighted by Gasteiger charge is -2.21. The first-order chi connectivity index (χ1) is 9.28. The van der Waals surface area contributed by atoms with Crippen LogP contribution in [0.1, 0.15) is 12.5 Å². The summed E-state index contributed by atoms with van der Waals surface area (Å²) in [7, 11) is 0. The Kier molecular flexibility index (Phi) is 3.44. The number of thiocarbonyl (C=S) groups is 1. The molecule has 2 nitrogen and oxygen atoms in total. The molecule has 4 heteroatoms. The smallest absolute Gasteiger partial charge is 0.106 e. The maximum absolute atomic E-state index is 5.36. The Morgan fingerprint density at radius 3 is 2.79 bits per heavy atom. The van der Waals surface area contributed by atoms with Gasteiger partial charge in [-0.05, 0) is 31.2 Å². The fourth-order valence-corrected chi connectivity index (χ4v) is 3.28. The van der Waals surface area contributed by atoms with Crippen molar-refractivity contribution in [2.75, 3.05) is 11.9 Å². The van der Waals surface area contributed by atoms with E-state index in [1.807, 2.05) is 6.07 Å². The van der Waals surface area contributed by atoms with Crippen molar-refractivity contribution in [3.05, 3.63) is 48.0 Å². The van der Waals surface area contributed by atoms with Crippen LogP contribution < -0.4 is 10.6 Å². The molecule has 2 N–H and O–H groups in total. The van der Waals surface area contributed by atoms with E-state index in [9.17, 15) is 0 Å². The van der Waals surface area contributed by atoms with Crippen LogP contribution in [0.4, 0.5) is 11.4 Å². The molecule has 2 aromatic rings. The molecule has 96 valence electrons. The van der Waals surface area contributed by atoms with Crippen molar-refractivity contribution in [2.24, 2.45) is 0 Å². The molecule has 0 bridgehead atoms. The fourth-order valence-electron chi connectivity index (χ4n) is 2.04. The van der Waals surface area contributed by atoms with E-state index in [-0.39, 0.29) is 0 Å². The zero-order chi connectivity index (χ0) is 13.2. The first kappa shape index (κ1) is 12.5. The summed E-state index contributed by atoms with van der Waals surface area (Å²) >= 11 is 7.15. The van der Waals surface area contributed by atoms with Gasteiger partial charge in [-0.15, -0.1) is 0 Å². The highest BCUT2D eigenvalue weighted by molar-refractivity contribution is 7.99. The minimum absolute atomic E-state index is 0.802. The van der Waals surface area contributed by atoms with Crippen molar-refractivity contribution in [2.45, 2.75) is 16.7 Å². The summed E-state index contributed by atoms with van der Waals surface area (Å²) in [6, 6.07) is 14.7. The highest BCUT2D eigenvalue weighted by Crippen LogP contribution is 2.44. The Hall–Kier alpha value is -1.52. The molecule has 0 spiro atoms. The highest BCUT2D eigenvalue weighted by Gasteiger charge is 2.15. The second-order valence-corrected chi connectivity index (χ2v) is 5.79. The van der Waals surface area contributed by atoms with Crippen LogP contribution in [0.3, 0.4) is 0 Å². The number of anilines is 2. The summed E-state index contributed by atoms with van der Waals surface area (Å²) in [5, 5.41) is 6.65. The predicted molar refractivity (Wildman–Crippen MR) is 85.7 cm³/mol. The van der Waals surface area contributed by atoms with Crippen LogP contribution in [0.25, 0.3) is 0 Å². The third kappa shape index (κ3) is 2.46. The topological polar surface area (TPSA) is 24.1 Å². The molecule has 1 heterocycles. The van der Waals surface area contributed by atoms with Crippen molar-refractivity contribution in [3.63, 3.8) is 0 Å². The Morgan fingerprint density at radius 2 is 1.95 bits per heavy atom. The van der Waals surface area contributed by atoms with Crippen LogP contribution >= 0.6 is 24.0 Å². The van der Waals surface area contributed by atoms with Crippen molar-refractivity contribution < 1.29 is 0 Å². The molecule has 0 radical (unpaired) electrons. The molecule has 19 heavy (non-hydrogen) atoms. The molecular weight excluding hydrogens is 272 g/mol. The molecule has 0 fully saturated rings. The zero-order valence-electron chi connectivity index (χ0n) is 10.6. The normalized spacial score (nSPS) is 12.1. The van der Waals surface area contributed by atoms with Gasteiger partial charge < -0.3 is 10.6 Å². The number of hydrogen-bond donors (Lipinski definition) is 2. The van der Waals surface area contributed by atoms with Gasteiger partial charge in [-0.3, -0.25) is 0 Å². The predicted octanol–water partition coefficient (Wildman–Crippen LogP) is 4.18. The van der Waals surface area contributed by atoms with Gasteiger partial charge in [0.15, 0.2) is 0 Å². The van der Waals surface area contributed by atoms with E-state index in [0.717, 1.165) is 28.5 Å². The third-order valence-corrected chi connectivity index (χ3v) is 4.49. The molecule has 1 aliphatic heterocycles. The quantitative estimate of drug-likeness (QED) is 0.690. The first-order valence-electron chi connectivity index (χ1n) is 6.24. The van der Waals surface area contributed by atoms with Gasteiger partial charge in [0.05, 0.1) is 11.4 Å². The van der Waals surface area contributed by atoms with E-state index >= 15 is 0 Å². The number of fused-ring (bicyclic) bond motifs is 2. The SMILES string of the molecule is CCNC(=S)c1ccc2c(c1)Nc1ccccc1S2. The average molecular weight is 286 g/mol. The largest absolute Gasteiger partial charge is 0.376 e. The van der Waals surface area contributed by atoms with E-state index in [1.54, 1.807) is 11.8 Å². The molecule has 0 atom stereocenters. The summed E-state index contributed by atoms with van der Waals surface area (Å²) in [5.74, 6) is 0. The van der Waals surface area contributed by atoms with E-state index < -0.39 is 0 Å². The van der Waals surface area contributed by atoms with Crippen LogP contribution in [0, 0.1) is 0 Å². The van der Waals surface area contributed by atoms with Gasteiger partial charge in [-0.2, -0.15) is 0 Å². The molecule has 0 saturated carbocycles. The molecule has 3 rings (SSSR count). The van der Waals surface area contributed by atoms with Gasteiger partial charge in [0.1, 0.15) is 4.99 Å². The Morgan fingerprint density at radius 1 is 1.16 bits per heavy atom. The molecule has 1 aliphatic rings. The molecule has 0 aromatic heterocycles. The summed E-state index contributed by atoms with van der Waals surface area (Å²) in [6.07, 6.45) is 0. The van der Waals surface area contributed by atoms with Crippen molar-refractivity contribution in [1.29, 1.82) is 0 Å². The number of benzene rings is 2. The van der Waals surface area contributed by atoms with Gasteiger partial charge in [0.25, 0.3) is 0 Å². The number of nitrogens with one attached hydrogen (secondary N) is 2. The van der Waals surface area contributed by atoms with Crippen molar-refractivity contribution in [1.82, 2.24) is 5.32 Å². The van der Waals surface area contributed by atoms with Crippen LogP contribution in [0.15, 0.2) is 52.3 Å². The van der Waals surface area contributed by atoms with Crippen LogP contribution in [-0.2, 0) is 0 Å². The molecule has 2 aromatic carbocycles. The van der Waals surface area contributed by atoms with Gasteiger partial charge in [0.2, 0.25) is 0 Å². The van der Waals surface area contributed by atoms with E-state index in [0.29, 0.717) is 0 Å². The molecule has 0 unspecified atom stereocenters. The van der Waals surface area contributed by atoms with Gasteiger partial charge >= 0.3 is 0 Å². The summed E-state index contributed by atoms with van der Waals surface area (Å²) in [5.41, 5.74) is 3.34. The molecule has 0 aliphatic carbocycles. The Bertz CT molecular complexity index is 638.